The Kier molecular flexibility index (Phi) is 4.95. The van der Waals surface area contributed by atoms with E-state index >= 15 is 0 Å². The van der Waals surface area contributed by atoms with Crippen LogP contribution in [0, 0.1) is 17.8 Å². The number of nitrogens with one attached hydrogen (secondary N) is 1. The average Bonchev–Trinajstić information content (AvgIpc) is 3.01. The number of rotatable bonds is 6. The topological polar surface area (TPSA) is 47.3 Å². The van der Waals surface area contributed by atoms with E-state index < -0.39 is 0 Å². The molecule has 14 heavy (non-hydrogen) atoms. The summed E-state index contributed by atoms with van der Waals surface area (Å²) in [5.41, 5.74) is 2.84. The third-order valence-corrected chi connectivity index (χ3v) is 2.73. The van der Waals surface area contributed by atoms with Gasteiger partial charge in [-0.15, -0.1) is 11.8 Å². The van der Waals surface area contributed by atoms with Gasteiger partial charge in [0.2, 0.25) is 0 Å². The second-order valence-electron chi connectivity index (χ2n) is 3.78. The largest absolute Gasteiger partial charge is 0.379 e. The monoisotopic (exact) mass is 196 g/mol. The lowest BCUT2D eigenvalue weighted by Gasteiger charge is -2.24. The average molecular weight is 196 g/mol. The normalized spacial score (nSPS) is 19.6. The molecule has 3 nitrogen and oxygen atoms in total. The van der Waals surface area contributed by atoms with E-state index in [2.05, 4.69) is 17.3 Å². The van der Waals surface area contributed by atoms with Crippen molar-refractivity contribution in [3.63, 3.8) is 0 Å². The van der Waals surface area contributed by atoms with Crippen LogP contribution in [-0.2, 0) is 4.74 Å². The maximum atomic E-state index is 5.52. The second kappa shape index (κ2) is 6.02. The van der Waals surface area contributed by atoms with Crippen LogP contribution >= 0.6 is 0 Å². The zero-order valence-corrected chi connectivity index (χ0v) is 9.05. The Balaban J connectivity index is 2.36. The molecule has 0 amide bonds. The summed E-state index contributed by atoms with van der Waals surface area (Å²) in [5, 5.41) is 0. The van der Waals surface area contributed by atoms with E-state index in [9.17, 15) is 0 Å². The first-order valence-corrected chi connectivity index (χ1v) is 5.22. The summed E-state index contributed by atoms with van der Waals surface area (Å²) in [7, 11) is 1.76. The molecular weight excluding hydrogens is 176 g/mol. The molecule has 0 aromatic heterocycles. The summed E-state index contributed by atoms with van der Waals surface area (Å²) in [5.74, 6) is 12.2. The number of hydrazine groups is 1. The van der Waals surface area contributed by atoms with Gasteiger partial charge in [0.05, 0.1) is 6.10 Å². The lowest BCUT2D eigenvalue weighted by atomic mass is 10.0. The van der Waals surface area contributed by atoms with E-state index in [1.54, 1.807) is 7.11 Å². The molecule has 1 aliphatic rings. The molecule has 1 fully saturated rings. The van der Waals surface area contributed by atoms with Crippen LogP contribution in [0.25, 0.3) is 0 Å². The van der Waals surface area contributed by atoms with E-state index in [0.29, 0.717) is 5.92 Å². The Hall–Kier alpha value is -0.560. The molecule has 0 saturated heterocycles. The van der Waals surface area contributed by atoms with Gasteiger partial charge in [-0.05, 0) is 32.1 Å². The molecule has 0 bridgehead atoms. The van der Waals surface area contributed by atoms with E-state index in [1.165, 1.54) is 12.8 Å². The van der Waals surface area contributed by atoms with Crippen LogP contribution in [0.4, 0.5) is 0 Å². The van der Waals surface area contributed by atoms with Gasteiger partial charge < -0.3 is 4.74 Å². The SMILES string of the molecule is CC#CCCC(NN)C(OC)C1CC1. The first kappa shape index (κ1) is 11.5. The predicted molar refractivity (Wildman–Crippen MR) is 57.3 cm³/mol. The van der Waals surface area contributed by atoms with E-state index in [-0.39, 0.29) is 12.1 Å². The van der Waals surface area contributed by atoms with Gasteiger partial charge in [-0.2, -0.15) is 0 Å². The van der Waals surface area contributed by atoms with Crippen molar-refractivity contribution in [2.75, 3.05) is 7.11 Å². The minimum atomic E-state index is 0.244. The molecule has 0 heterocycles. The van der Waals surface area contributed by atoms with Crippen molar-refractivity contribution in [2.45, 2.75) is 44.8 Å². The maximum Gasteiger partial charge on any atom is 0.0766 e. The molecular formula is C11H20N2O. The molecule has 0 radical (unpaired) electrons. The Bertz CT molecular complexity index is 215. The Morgan fingerprint density at radius 3 is 2.71 bits per heavy atom. The maximum absolute atomic E-state index is 5.52. The summed E-state index contributed by atoms with van der Waals surface area (Å²) >= 11 is 0. The van der Waals surface area contributed by atoms with Crippen molar-refractivity contribution >= 4 is 0 Å². The lowest BCUT2D eigenvalue weighted by Crippen LogP contribution is -2.45. The molecule has 3 heteroatoms. The fourth-order valence-electron chi connectivity index (χ4n) is 1.81. The number of hydrogen-bond acceptors (Lipinski definition) is 3. The van der Waals surface area contributed by atoms with Crippen molar-refractivity contribution < 1.29 is 4.74 Å². The van der Waals surface area contributed by atoms with Gasteiger partial charge >= 0.3 is 0 Å². The first-order valence-electron chi connectivity index (χ1n) is 5.22. The second-order valence-corrected chi connectivity index (χ2v) is 3.78. The molecule has 1 saturated carbocycles. The summed E-state index contributed by atoms with van der Waals surface area (Å²) in [6.07, 6.45) is 4.66. The standard InChI is InChI=1S/C11H20N2O/c1-3-4-5-6-10(13-12)11(14-2)9-7-8-9/h9-11,13H,5-8,12H2,1-2H3. The van der Waals surface area contributed by atoms with E-state index in [0.717, 1.165) is 12.8 Å². The zero-order valence-electron chi connectivity index (χ0n) is 9.05. The van der Waals surface area contributed by atoms with Gasteiger partial charge in [0, 0.05) is 19.6 Å². The van der Waals surface area contributed by atoms with Crippen LogP contribution in [-0.4, -0.2) is 19.3 Å². The minimum Gasteiger partial charge on any atom is -0.379 e. The van der Waals surface area contributed by atoms with Crippen molar-refractivity contribution in [2.24, 2.45) is 11.8 Å². The summed E-state index contributed by atoms with van der Waals surface area (Å²) in [6, 6.07) is 0.244. The van der Waals surface area contributed by atoms with Crippen molar-refractivity contribution in [1.82, 2.24) is 5.43 Å². The van der Waals surface area contributed by atoms with Crippen LogP contribution in [0.5, 0.6) is 0 Å². The Labute approximate surface area is 86.4 Å². The van der Waals surface area contributed by atoms with Crippen LogP contribution < -0.4 is 11.3 Å². The Morgan fingerprint density at radius 2 is 2.29 bits per heavy atom. The summed E-state index contributed by atoms with van der Waals surface area (Å²) < 4.78 is 5.47. The third kappa shape index (κ3) is 3.30. The van der Waals surface area contributed by atoms with Gasteiger partial charge in [-0.3, -0.25) is 11.3 Å². The van der Waals surface area contributed by atoms with E-state index in [1.807, 2.05) is 6.92 Å². The molecule has 1 rings (SSSR count). The number of methoxy groups -OCH3 is 1. The van der Waals surface area contributed by atoms with Crippen molar-refractivity contribution in [1.29, 1.82) is 0 Å². The smallest absolute Gasteiger partial charge is 0.0766 e. The molecule has 0 aromatic carbocycles. The van der Waals surface area contributed by atoms with Crippen LogP contribution in [0.2, 0.25) is 0 Å². The van der Waals surface area contributed by atoms with Gasteiger partial charge in [0.15, 0.2) is 0 Å². The summed E-state index contributed by atoms with van der Waals surface area (Å²) in [4.78, 5) is 0. The van der Waals surface area contributed by atoms with E-state index in [4.69, 9.17) is 10.6 Å². The van der Waals surface area contributed by atoms with Crippen LogP contribution in [0.15, 0.2) is 0 Å². The van der Waals surface area contributed by atoms with Gasteiger partial charge in [-0.25, -0.2) is 0 Å². The lowest BCUT2D eigenvalue weighted by molar-refractivity contribution is 0.0488. The molecule has 2 unspecified atom stereocenters. The minimum absolute atomic E-state index is 0.244. The molecule has 3 N–H and O–H groups in total. The quantitative estimate of drug-likeness (QED) is 0.379. The highest BCUT2D eigenvalue weighted by molar-refractivity contribution is 4.97. The molecule has 80 valence electrons. The van der Waals surface area contributed by atoms with Gasteiger partial charge in [0.1, 0.15) is 0 Å². The van der Waals surface area contributed by atoms with Gasteiger partial charge in [-0.1, -0.05) is 0 Å². The molecule has 0 aromatic rings. The van der Waals surface area contributed by atoms with Crippen molar-refractivity contribution in [3.05, 3.63) is 0 Å². The zero-order chi connectivity index (χ0) is 10.4. The molecule has 2 atom stereocenters. The number of hydrogen-bond donors (Lipinski definition) is 2. The van der Waals surface area contributed by atoms with Crippen LogP contribution in [0.3, 0.4) is 0 Å². The van der Waals surface area contributed by atoms with Gasteiger partial charge in [0.25, 0.3) is 0 Å². The third-order valence-electron chi connectivity index (χ3n) is 2.73. The highest BCUT2D eigenvalue weighted by Gasteiger charge is 2.35. The fraction of sp³-hybridized carbons (Fsp3) is 0.818. The molecule has 0 spiro atoms. The molecule has 0 aliphatic heterocycles. The number of nitrogens with two attached hydrogens (primary N) is 1. The Morgan fingerprint density at radius 1 is 1.57 bits per heavy atom. The van der Waals surface area contributed by atoms with Crippen molar-refractivity contribution in [3.8, 4) is 11.8 Å². The highest BCUT2D eigenvalue weighted by atomic mass is 16.5. The number of ether oxygens (including phenoxy) is 1. The summed E-state index contributed by atoms with van der Waals surface area (Å²) in [6.45, 7) is 1.86. The van der Waals surface area contributed by atoms with Crippen LogP contribution in [0.1, 0.15) is 32.6 Å². The highest BCUT2D eigenvalue weighted by Crippen LogP contribution is 2.36. The fourth-order valence-corrected chi connectivity index (χ4v) is 1.81. The molecule has 1 aliphatic carbocycles. The predicted octanol–water partition coefficient (Wildman–Crippen LogP) is 1.05. The first-order chi connectivity index (χ1) is 6.83.